The van der Waals surface area contributed by atoms with Gasteiger partial charge in [-0.15, -0.1) is 0 Å². The van der Waals surface area contributed by atoms with Gasteiger partial charge in [-0.1, -0.05) is 43.3 Å². The molecular formula is C36H38N4O5. The van der Waals surface area contributed by atoms with Crippen LogP contribution in [0, 0.1) is 0 Å². The van der Waals surface area contributed by atoms with Crippen LogP contribution < -0.4 is 15.0 Å². The van der Waals surface area contributed by atoms with E-state index in [0.29, 0.717) is 35.7 Å². The number of phenolic OH excluding ortho intramolecular Hbond substituents is 1. The molecule has 45 heavy (non-hydrogen) atoms. The summed E-state index contributed by atoms with van der Waals surface area (Å²) in [5.41, 5.74) is 4.19. The second kappa shape index (κ2) is 13.7. The van der Waals surface area contributed by atoms with Crippen molar-refractivity contribution in [3.05, 3.63) is 119 Å². The molecule has 1 aliphatic heterocycles. The molecule has 2 N–H and O–H groups in total. The molecule has 1 fully saturated rings. The highest BCUT2D eigenvalue weighted by Gasteiger charge is 2.25. The molecule has 0 aliphatic carbocycles. The highest BCUT2D eigenvalue weighted by Crippen LogP contribution is 2.33. The maximum atomic E-state index is 13.8. The predicted molar refractivity (Wildman–Crippen MR) is 176 cm³/mol. The van der Waals surface area contributed by atoms with Crippen molar-refractivity contribution in [2.75, 3.05) is 57.6 Å². The number of nitrogens with one attached hydrogen (secondary N) is 1. The van der Waals surface area contributed by atoms with E-state index in [-0.39, 0.29) is 34.7 Å². The zero-order chi connectivity index (χ0) is 32.1. The Hall–Kier alpha value is -5.15. The molecule has 5 rings (SSSR count). The molecule has 0 spiro atoms. The van der Waals surface area contributed by atoms with Gasteiger partial charge in [-0.3, -0.25) is 14.4 Å². The Balaban J connectivity index is 1.35. The van der Waals surface area contributed by atoms with E-state index in [2.05, 4.69) is 24.2 Å². The summed E-state index contributed by atoms with van der Waals surface area (Å²) in [6.45, 7) is 5.23. The van der Waals surface area contributed by atoms with Gasteiger partial charge in [0, 0.05) is 56.0 Å². The molecule has 0 bridgehead atoms. The van der Waals surface area contributed by atoms with Crippen LogP contribution in [-0.4, -0.2) is 80.0 Å². The number of para-hydroxylation sites is 1. The monoisotopic (exact) mass is 606 g/mol. The quantitative estimate of drug-likeness (QED) is 0.276. The number of amides is 3. The van der Waals surface area contributed by atoms with Crippen molar-refractivity contribution in [1.29, 1.82) is 0 Å². The summed E-state index contributed by atoms with van der Waals surface area (Å²) >= 11 is 0. The third-order valence-electron chi connectivity index (χ3n) is 8.38. The molecular weight excluding hydrogens is 568 g/mol. The first kappa shape index (κ1) is 31.3. The topological polar surface area (TPSA) is 102 Å². The van der Waals surface area contributed by atoms with Gasteiger partial charge in [-0.05, 0) is 72.8 Å². The molecule has 9 nitrogen and oxygen atoms in total. The molecule has 1 aliphatic rings. The first-order valence-corrected chi connectivity index (χ1v) is 14.9. The zero-order valence-electron chi connectivity index (χ0n) is 26.0. The number of ether oxygens (including phenoxy) is 1. The van der Waals surface area contributed by atoms with Crippen LogP contribution in [0.2, 0.25) is 0 Å². The fraction of sp³-hybridized carbons (Fsp3) is 0.250. The van der Waals surface area contributed by atoms with Gasteiger partial charge in [-0.25, -0.2) is 0 Å². The lowest BCUT2D eigenvalue weighted by Gasteiger charge is -2.33. The number of carbonyl (C=O) groups is 3. The minimum atomic E-state index is -0.444. The number of aromatic hydroxyl groups is 1. The highest BCUT2D eigenvalue weighted by molar-refractivity contribution is 6.14. The smallest absolute Gasteiger partial charge is 0.260 e. The largest absolute Gasteiger partial charge is 0.508 e. The maximum Gasteiger partial charge on any atom is 0.260 e. The Bertz CT molecular complexity index is 1680. The molecule has 4 aromatic rings. The molecule has 1 heterocycles. The number of rotatable bonds is 8. The van der Waals surface area contributed by atoms with Crippen LogP contribution in [0.3, 0.4) is 0 Å². The number of piperazine rings is 1. The van der Waals surface area contributed by atoms with Crippen LogP contribution in [0.1, 0.15) is 55.0 Å². The highest BCUT2D eigenvalue weighted by atomic mass is 16.5. The van der Waals surface area contributed by atoms with Gasteiger partial charge in [0.25, 0.3) is 17.7 Å². The van der Waals surface area contributed by atoms with Crippen molar-refractivity contribution in [3.63, 3.8) is 0 Å². The minimum absolute atomic E-state index is 0.0464. The van der Waals surface area contributed by atoms with E-state index in [1.807, 2.05) is 53.4 Å². The number of benzene rings is 4. The normalized spacial score (nSPS) is 14.0. The van der Waals surface area contributed by atoms with Crippen molar-refractivity contribution in [2.24, 2.45) is 0 Å². The van der Waals surface area contributed by atoms with E-state index in [0.717, 1.165) is 24.2 Å². The third-order valence-corrected chi connectivity index (χ3v) is 8.38. The van der Waals surface area contributed by atoms with E-state index in [4.69, 9.17) is 4.74 Å². The average molecular weight is 607 g/mol. The summed E-state index contributed by atoms with van der Waals surface area (Å²) in [4.78, 5) is 45.9. The number of nitrogens with zero attached hydrogens (tertiary/aromatic N) is 3. The second-order valence-corrected chi connectivity index (χ2v) is 11.2. The SMILES string of the molecule is COc1cccc(C(=O)N(C)c2ccc(C(C)c3ccccc3C(=O)N3CCN(C)CC3)cc2)c1NC(=O)c1ccc(O)cc1. The second-order valence-electron chi connectivity index (χ2n) is 11.2. The summed E-state index contributed by atoms with van der Waals surface area (Å²) in [6, 6.07) is 26.3. The predicted octanol–water partition coefficient (Wildman–Crippen LogP) is 5.47. The number of likely N-dealkylation sites (N-methyl/N-ethyl adjacent to an activating group) is 1. The Morgan fingerprint density at radius 2 is 1.49 bits per heavy atom. The molecule has 4 aromatic carbocycles. The van der Waals surface area contributed by atoms with Crippen molar-refractivity contribution in [1.82, 2.24) is 9.80 Å². The molecule has 1 saturated heterocycles. The maximum absolute atomic E-state index is 13.8. The van der Waals surface area contributed by atoms with E-state index in [1.54, 1.807) is 25.2 Å². The summed E-state index contributed by atoms with van der Waals surface area (Å²) in [7, 11) is 5.22. The zero-order valence-corrected chi connectivity index (χ0v) is 26.0. The van der Waals surface area contributed by atoms with Gasteiger partial charge in [0.05, 0.1) is 18.4 Å². The molecule has 3 amide bonds. The fourth-order valence-electron chi connectivity index (χ4n) is 5.52. The van der Waals surface area contributed by atoms with Crippen LogP contribution in [-0.2, 0) is 0 Å². The Kier molecular flexibility index (Phi) is 9.49. The third kappa shape index (κ3) is 6.84. The van der Waals surface area contributed by atoms with E-state index in [1.165, 1.54) is 36.3 Å². The number of hydrogen-bond acceptors (Lipinski definition) is 6. The average Bonchev–Trinajstić information content (AvgIpc) is 3.07. The lowest BCUT2D eigenvalue weighted by molar-refractivity contribution is 0.0662. The number of carbonyl (C=O) groups excluding carboxylic acids is 3. The van der Waals surface area contributed by atoms with Gasteiger partial charge in [0.2, 0.25) is 0 Å². The number of hydrogen-bond donors (Lipinski definition) is 2. The van der Waals surface area contributed by atoms with Crippen molar-refractivity contribution in [2.45, 2.75) is 12.8 Å². The molecule has 0 radical (unpaired) electrons. The molecule has 0 saturated carbocycles. The summed E-state index contributed by atoms with van der Waals surface area (Å²) in [5, 5.41) is 12.4. The lowest BCUT2D eigenvalue weighted by atomic mass is 9.89. The molecule has 9 heteroatoms. The molecule has 0 aromatic heterocycles. The van der Waals surface area contributed by atoms with E-state index in [9.17, 15) is 19.5 Å². The Morgan fingerprint density at radius 3 is 2.16 bits per heavy atom. The minimum Gasteiger partial charge on any atom is -0.508 e. The first-order chi connectivity index (χ1) is 21.7. The van der Waals surface area contributed by atoms with Crippen molar-refractivity contribution < 1.29 is 24.2 Å². The molecule has 1 atom stereocenters. The van der Waals surface area contributed by atoms with Crippen LogP contribution in [0.5, 0.6) is 11.5 Å². The van der Waals surface area contributed by atoms with Gasteiger partial charge < -0.3 is 29.9 Å². The van der Waals surface area contributed by atoms with Crippen molar-refractivity contribution >= 4 is 29.1 Å². The molecule has 1 unspecified atom stereocenters. The van der Waals surface area contributed by atoms with Gasteiger partial charge in [0.1, 0.15) is 11.5 Å². The number of methoxy groups -OCH3 is 1. The van der Waals surface area contributed by atoms with Crippen LogP contribution in [0.25, 0.3) is 0 Å². The Labute approximate surface area is 263 Å². The van der Waals surface area contributed by atoms with Crippen molar-refractivity contribution in [3.8, 4) is 11.5 Å². The van der Waals surface area contributed by atoms with Gasteiger partial charge in [0.15, 0.2) is 0 Å². The Morgan fingerprint density at radius 1 is 0.844 bits per heavy atom. The van der Waals surface area contributed by atoms with Gasteiger partial charge >= 0.3 is 0 Å². The fourth-order valence-corrected chi connectivity index (χ4v) is 5.52. The first-order valence-electron chi connectivity index (χ1n) is 14.9. The summed E-state index contributed by atoms with van der Waals surface area (Å²) in [6.07, 6.45) is 0. The summed E-state index contributed by atoms with van der Waals surface area (Å²) < 4.78 is 5.48. The number of phenols is 1. The van der Waals surface area contributed by atoms with Crippen LogP contribution >= 0.6 is 0 Å². The lowest BCUT2D eigenvalue weighted by Crippen LogP contribution is -2.47. The van der Waals surface area contributed by atoms with E-state index >= 15 is 0 Å². The van der Waals surface area contributed by atoms with E-state index < -0.39 is 5.91 Å². The summed E-state index contributed by atoms with van der Waals surface area (Å²) in [5.74, 6) is -0.382. The molecule has 232 valence electrons. The number of anilines is 2. The van der Waals surface area contributed by atoms with Crippen LogP contribution in [0.4, 0.5) is 11.4 Å². The van der Waals surface area contributed by atoms with Crippen LogP contribution in [0.15, 0.2) is 91.0 Å². The van der Waals surface area contributed by atoms with Gasteiger partial charge in [-0.2, -0.15) is 0 Å². The standard InChI is InChI=1S/C36H38N4O5/c1-24(29-8-5-6-9-30(29)36(44)40-22-20-38(2)21-23-40)25-12-16-27(17-13-25)39(3)35(43)31-10-7-11-32(45-4)33(31)37-34(42)26-14-18-28(41)19-15-26/h5-19,24,41H,20-23H2,1-4H3,(H,37,42).